The van der Waals surface area contributed by atoms with Gasteiger partial charge in [-0.05, 0) is 44.4 Å². The van der Waals surface area contributed by atoms with Gasteiger partial charge in [-0.25, -0.2) is 0 Å². The van der Waals surface area contributed by atoms with Crippen molar-refractivity contribution >= 4 is 28.9 Å². The van der Waals surface area contributed by atoms with E-state index in [4.69, 9.17) is 20.9 Å². The van der Waals surface area contributed by atoms with Gasteiger partial charge < -0.3 is 9.05 Å². The number of hydrogen-bond donors (Lipinski definition) is 0. The monoisotopic (exact) mass is 326 g/mol. The average molecular weight is 327 g/mol. The Morgan fingerprint density at radius 2 is 1.37 bits per heavy atom. The van der Waals surface area contributed by atoms with Crippen molar-refractivity contribution in [3.8, 4) is 0 Å². The first-order valence-corrected chi connectivity index (χ1v) is 11.7. The van der Waals surface area contributed by atoms with Crippen molar-refractivity contribution in [2.24, 2.45) is 5.92 Å². The molecule has 0 amide bonds. The minimum Gasteiger partial charge on any atom is -0.319 e. The molecular formula is C14H31O2PS2. The molecule has 116 valence electrons. The summed E-state index contributed by atoms with van der Waals surface area (Å²) >= 11 is 7.45. The number of rotatable bonds is 11. The summed E-state index contributed by atoms with van der Waals surface area (Å²) in [6, 6.07) is 0. The third-order valence-electron chi connectivity index (χ3n) is 2.57. The zero-order valence-electron chi connectivity index (χ0n) is 13.3. The third-order valence-corrected chi connectivity index (χ3v) is 8.32. The van der Waals surface area contributed by atoms with Gasteiger partial charge in [0.1, 0.15) is 0 Å². The fourth-order valence-electron chi connectivity index (χ4n) is 1.69. The summed E-state index contributed by atoms with van der Waals surface area (Å²) in [6.45, 7) is 13.0. The second-order valence-electron chi connectivity index (χ2n) is 5.55. The molecule has 0 fully saturated rings. The predicted molar refractivity (Wildman–Crippen MR) is 92.5 cm³/mol. The average Bonchev–Trinajstić information content (AvgIpc) is 2.26. The van der Waals surface area contributed by atoms with E-state index in [-0.39, 0.29) is 12.2 Å². The van der Waals surface area contributed by atoms with Crippen molar-refractivity contribution < 1.29 is 9.05 Å². The van der Waals surface area contributed by atoms with Crippen LogP contribution in [-0.2, 0) is 20.9 Å². The predicted octanol–water partition coefficient (Wildman–Crippen LogP) is 6.01. The SMILES string of the molecule is CCCC(C)OP(=S)(OC(C)CCC)SCC(C)C. The molecule has 0 aliphatic rings. The van der Waals surface area contributed by atoms with E-state index in [1.807, 2.05) is 0 Å². The molecule has 0 rings (SSSR count). The Hall–Kier alpha value is 0.920. The quantitative estimate of drug-likeness (QED) is 0.433. The fraction of sp³-hybridized carbons (Fsp3) is 1.00. The molecule has 0 saturated carbocycles. The van der Waals surface area contributed by atoms with Crippen LogP contribution in [0.5, 0.6) is 0 Å². The maximum absolute atomic E-state index is 6.11. The smallest absolute Gasteiger partial charge is 0.247 e. The molecule has 2 atom stereocenters. The van der Waals surface area contributed by atoms with Crippen LogP contribution in [0.4, 0.5) is 0 Å². The van der Waals surface area contributed by atoms with Crippen molar-refractivity contribution in [3.05, 3.63) is 0 Å². The molecule has 0 aliphatic carbocycles. The second-order valence-corrected chi connectivity index (χ2v) is 11.8. The third kappa shape index (κ3) is 10.3. The first-order chi connectivity index (χ1) is 8.83. The maximum atomic E-state index is 6.11. The van der Waals surface area contributed by atoms with Crippen LogP contribution in [0.25, 0.3) is 0 Å². The van der Waals surface area contributed by atoms with Crippen LogP contribution in [0.1, 0.15) is 67.2 Å². The van der Waals surface area contributed by atoms with Crippen LogP contribution in [0.15, 0.2) is 0 Å². The molecule has 0 saturated heterocycles. The fourth-order valence-corrected chi connectivity index (χ4v) is 7.55. The van der Waals surface area contributed by atoms with E-state index in [9.17, 15) is 0 Å². The standard InChI is InChI=1S/C14H31O2PS2/c1-7-9-13(5)15-17(18,19-11-12(3)4)16-14(6)10-8-2/h12-14H,7-11H2,1-6H3. The summed E-state index contributed by atoms with van der Waals surface area (Å²) in [6.07, 6.45) is 4.73. The topological polar surface area (TPSA) is 18.5 Å². The highest BCUT2D eigenvalue weighted by atomic mass is 32.9. The van der Waals surface area contributed by atoms with E-state index in [1.165, 1.54) is 0 Å². The molecule has 0 radical (unpaired) electrons. The van der Waals surface area contributed by atoms with Crippen LogP contribution >= 0.6 is 17.1 Å². The number of hydrogen-bond acceptors (Lipinski definition) is 4. The van der Waals surface area contributed by atoms with E-state index in [1.54, 1.807) is 11.4 Å². The van der Waals surface area contributed by atoms with Crippen molar-refractivity contribution in [1.29, 1.82) is 0 Å². The lowest BCUT2D eigenvalue weighted by atomic mass is 10.2. The van der Waals surface area contributed by atoms with E-state index in [0.29, 0.717) is 5.92 Å². The van der Waals surface area contributed by atoms with Crippen LogP contribution < -0.4 is 0 Å². The summed E-state index contributed by atoms with van der Waals surface area (Å²) in [5, 5.41) is 0. The summed E-state index contributed by atoms with van der Waals surface area (Å²) in [7, 11) is 0. The van der Waals surface area contributed by atoms with E-state index < -0.39 is 5.69 Å². The van der Waals surface area contributed by atoms with Gasteiger partial charge in [-0.2, -0.15) is 0 Å². The first-order valence-electron chi connectivity index (χ1n) is 7.44. The van der Waals surface area contributed by atoms with Crippen molar-refractivity contribution in [3.63, 3.8) is 0 Å². The second kappa shape index (κ2) is 10.6. The van der Waals surface area contributed by atoms with Gasteiger partial charge >= 0.3 is 0 Å². The minimum absolute atomic E-state index is 0.198. The van der Waals surface area contributed by atoms with Gasteiger partial charge in [-0.3, -0.25) is 0 Å². The Morgan fingerprint density at radius 1 is 0.947 bits per heavy atom. The van der Waals surface area contributed by atoms with Crippen LogP contribution in [0, 0.1) is 5.92 Å². The van der Waals surface area contributed by atoms with Crippen molar-refractivity contribution in [2.45, 2.75) is 79.4 Å². The molecule has 2 nitrogen and oxygen atoms in total. The van der Waals surface area contributed by atoms with E-state index in [2.05, 4.69) is 41.5 Å². The molecule has 0 aromatic carbocycles. The highest BCUT2D eigenvalue weighted by Gasteiger charge is 2.25. The summed E-state index contributed by atoms with van der Waals surface area (Å²) < 4.78 is 12.2. The summed E-state index contributed by atoms with van der Waals surface area (Å²) in [5.74, 6) is 1.62. The molecular weight excluding hydrogens is 295 g/mol. The Morgan fingerprint density at radius 3 is 1.68 bits per heavy atom. The lowest BCUT2D eigenvalue weighted by Gasteiger charge is -2.28. The minimum atomic E-state index is -2.19. The molecule has 5 heteroatoms. The summed E-state index contributed by atoms with van der Waals surface area (Å²) in [5.41, 5.74) is -2.19. The lowest BCUT2D eigenvalue weighted by molar-refractivity contribution is 0.157. The first kappa shape index (κ1) is 19.9. The normalized spacial score (nSPS) is 18.3. The van der Waals surface area contributed by atoms with Gasteiger partial charge in [-0.15, -0.1) is 0 Å². The zero-order chi connectivity index (χ0) is 14.9. The molecule has 19 heavy (non-hydrogen) atoms. The highest BCUT2D eigenvalue weighted by Crippen LogP contribution is 2.63. The molecule has 0 aromatic rings. The summed E-state index contributed by atoms with van der Waals surface area (Å²) in [4.78, 5) is 0. The Bertz CT molecular complexity index is 254. The molecule has 0 N–H and O–H groups in total. The molecule has 0 bridgehead atoms. The van der Waals surface area contributed by atoms with Gasteiger partial charge in [0.2, 0.25) is 5.69 Å². The molecule has 0 aromatic heterocycles. The molecule has 0 aliphatic heterocycles. The van der Waals surface area contributed by atoms with Crippen molar-refractivity contribution in [1.82, 2.24) is 0 Å². The van der Waals surface area contributed by atoms with Gasteiger partial charge in [0, 0.05) is 5.75 Å². The molecule has 0 heterocycles. The highest BCUT2D eigenvalue weighted by molar-refractivity contribution is 8.67. The van der Waals surface area contributed by atoms with Crippen LogP contribution in [0.2, 0.25) is 0 Å². The van der Waals surface area contributed by atoms with Gasteiger partial charge in [-0.1, -0.05) is 51.9 Å². The van der Waals surface area contributed by atoms with Crippen LogP contribution in [0.3, 0.4) is 0 Å². The Balaban J connectivity index is 4.56. The molecule has 2 unspecified atom stereocenters. The van der Waals surface area contributed by atoms with E-state index >= 15 is 0 Å². The lowest BCUT2D eigenvalue weighted by Crippen LogP contribution is -2.11. The molecule has 0 spiro atoms. The van der Waals surface area contributed by atoms with Gasteiger partial charge in [0.15, 0.2) is 0 Å². The Kier molecular flexibility index (Phi) is 11.1. The maximum Gasteiger partial charge on any atom is 0.247 e. The van der Waals surface area contributed by atoms with Gasteiger partial charge in [0.25, 0.3) is 0 Å². The Labute approximate surface area is 129 Å². The van der Waals surface area contributed by atoms with Crippen LogP contribution in [-0.4, -0.2) is 18.0 Å². The van der Waals surface area contributed by atoms with Crippen molar-refractivity contribution in [2.75, 3.05) is 5.75 Å². The van der Waals surface area contributed by atoms with E-state index in [0.717, 1.165) is 31.4 Å². The zero-order valence-corrected chi connectivity index (χ0v) is 15.9. The van der Waals surface area contributed by atoms with Gasteiger partial charge in [0.05, 0.1) is 12.2 Å². The largest absolute Gasteiger partial charge is 0.319 e.